The predicted molar refractivity (Wildman–Crippen MR) is 108 cm³/mol. The van der Waals surface area contributed by atoms with E-state index in [0.717, 1.165) is 32.0 Å². The highest BCUT2D eigenvalue weighted by Gasteiger charge is 2.29. The van der Waals surface area contributed by atoms with E-state index in [4.69, 9.17) is 23.2 Å². The number of aliphatic imine (C=N–C) groups is 1. The fourth-order valence-electron chi connectivity index (χ4n) is 2.62. The van der Waals surface area contributed by atoms with Crippen molar-refractivity contribution >= 4 is 51.8 Å². The molecule has 0 saturated heterocycles. The van der Waals surface area contributed by atoms with Crippen molar-refractivity contribution in [3.8, 4) is 0 Å². The van der Waals surface area contributed by atoms with Crippen LogP contribution in [-0.4, -0.2) is 15.7 Å². The Bertz CT molecular complexity index is 899. The lowest BCUT2D eigenvalue weighted by atomic mass is 10.0. The summed E-state index contributed by atoms with van der Waals surface area (Å²) in [6, 6.07) is 15.5. The Kier molecular flexibility index (Phi) is 4.66. The van der Waals surface area contributed by atoms with Crippen LogP contribution < -0.4 is 0 Å². The Balaban J connectivity index is 1.64. The Hall–Kier alpha value is -2.01. The first-order valence-corrected chi connectivity index (χ1v) is 9.30. The molecule has 124 valence electrons. The molecule has 0 fully saturated rings. The van der Waals surface area contributed by atoms with Crippen molar-refractivity contribution in [1.29, 1.82) is 0 Å². The van der Waals surface area contributed by atoms with Crippen LogP contribution >= 0.6 is 35.0 Å². The highest BCUT2D eigenvalue weighted by molar-refractivity contribution is 8.25. The number of nitrogens with zero attached hydrogens (tertiary/aromatic N) is 3. The number of rotatable bonds is 3. The van der Waals surface area contributed by atoms with Crippen molar-refractivity contribution in [2.45, 2.75) is 6.04 Å². The fraction of sp³-hybridized carbons (Fsp3) is 0.0526. The second-order valence-corrected chi connectivity index (χ2v) is 7.24. The number of halogens is 2. The molecule has 1 unspecified atom stereocenters. The van der Waals surface area contributed by atoms with Crippen LogP contribution in [0.25, 0.3) is 6.08 Å². The first-order valence-electron chi connectivity index (χ1n) is 7.67. The van der Waals surface area contributed by atoms with Crippen LogP contribution in [0.15, 0.2) is 76.5 Å². The number of benzene rings is 2. The number of thioether (sulfide) groups is 1. The molecule has 0 amide bonds. The van der Waals surface area contributed by atoms with E-state index in [0.29, 0.717) is 0 Å². The molecule has 0 aromatic heterocycles. The lowest BCUT2D eigenvalue weighted by Crippen LogP contribution is -2.27. The molecular weight excluding hydrogens is 373 g/mol. The fourth-order valence-corrected chi connectivity index (χ4v) is 3.54. The number of hydrogen-bond donors (Lipinski definition) is 0. The van der Waals surface area contributed by atoms with E-state index >= 15 is 0 Å². The second kappa shape index (κ2) is 7.08. The van der Waals surface area contributed by atoms with Gasteiger partial charge in [-0.2, -0.15) is 5.10 Å². The molecule has 6 heteroatoms. The topological polar surface area (TPSA) is 28.0 Å². The van der Waals surface area contributed by atoms with Gasteiger partial charge < -0.3 is 0 Å². The molecule has 0 saturated carbocycles. The average Bonchev–Trinajstić information content (AvgIpc) is 3.10. The van der Waals surface area contributed by atoms with E-state index < -0.39 is 0 Å². The van der Waals surface area contributed by atoms with Gasteiger partial charge in [-0.15, -0.1) is 0 Å². The Morgan fingerprint density at radius 1 is 0.920 bits per heavy atom. The van der Waals surface area contributed by atoms with Gasteiger partial charge in [0.2, 0.25) is 0 Å². The minimum Gasteiger partial charge on any atom is -0.230 e. The minimum atomic E-state index is 0.000819. The molecular formula is C19H13Cl2N3S. The third kappa shape index (κ3) is 3.66. The molecule has 0 spiro atoms. The van der Waals surface area contributed by atoms with E-state index in [9.17, 15) is 0 Å². The Morgan fingerprint density at radius 2 is 1.60 bits per heavy atom. The van der Waals surface area contributed by atoms with Crippen LogP contribution in [0.4, 0.5) is 0 Å². The van der Waals surface area contributed by atoms with E-state index in [1.807, 2.05) is 65.7 Å². The quantitative estimate of drug-likeness (QED) is 0.648. The second-order valence-electron chi connectivity index (χ2n) is 5.55. The van der Waals surface area contributed by atoms with E-state index in [-0.39, 0.29) is 6.04 Å². The van der Waals surface area contributed by atoms with Crippen molar-refractivity contribution in [2.75, 3.05) is 0 Å². The summed E-state index contributed by atoms with van der Waals surface area (Å²) in [5.74, 6) is 0. The molecule has 4 rings (SSSR count). The standard InChI is InChI=1S/C19H13Cl2N3S/c20-15-6-1-13(2-7-15)3-10-17-11-18(14-4-8-16(21)9-5-14)24-19(23-17)25-12-22-24/h1-12,18H/b10-3+. The van der Waals surface area contributed by atoms with Crippen molar-refractivity contribution in [2.24, 2.45) is 10.1 Å². The van der Waals surface area contributed by atoms with Crippen LogP contribution in [-0.2, 0) is 0 Å². The van der Waals surface area contributed by atoms with E-state index in [1.165, 1.54) is 11.8 Å². The van der Waals surface area contributed by atoms with E-state index in [2.05, 4.69) is 16.2 Å². The lowest BCUT2D eigenvalue weighted by Gasteiger charge is -2.27. The molecule has 2 aliphatic heterocycles. The number of hydrazone groups is 1. The molecule has 0 N–H and O–H groups in total. The largest absolute Gasteiger partial charge is 0.230 e. The van der Waals surface area contributed by atoms with Crippen LogP contribution in [0.1, 0.15) is 17.2 Å². The van der Waals surface area contributed by atoms with Crippen molar-refractivity contribution in [3.05, 3.63) is 87.6 Å². The zero-order chi connectivity index (χ0) is 17.2. The summed E-state index contributed by atoms with van der Waals surface area (Å²) in [6.07, 6.45) is 6.14. The van der Waals surface area contributed by atoms with E-state index in [1.54, 1.807) is 5.55 Å². The smallest absolute Gasteiger partial charge is 0.191 e. The van der Waals surface area contributed by atoms with Gasteiger partial charge in [-0.25, -0.2) is 10.0 Å². The third-order valence-corrected chi connectivity index (χ3v) is 5.06. The molecule has 25 heavy (non-hydrogen) atoms. The summed E-state index contributed by atoms with van der Waals surface area (Å²) in [6.45, 7) is 0. The molecule has 1 atom stereocenters. The van der Waals surface area contributed by atoms with Gasteiger partial charge in [0.1, 0.15) is 6.04 Å². The first-order chi connectivity index (χ1) is 12.2. The summed E-state index contributed by atoms with van der Waals surface area (Å²) in [7, 11) is 0. The van der Waals surface area contributed by atoms with Gasteiger partial charge in [0, 0.05) is 10.0 Å². The lowest BCUT2D eigenvalue weighted by molar-refractivity contribution is 0.392. The van der Waals surface area contributed by atoms with Gasteiger partial charge in [-0.3, -0.25) is 0 Å². The highest BCUT2D eigenvalue weighted by atomic mass is 35.5. The Labute approximate surface area is 160 Å². The van der Waals surface area contributed by atoms with Crippen LogP contribution in [0.3, 0.4) is 0 Å². The van der Waals surface area contributed by atoms with Crippen molar-refractivity contribution in [3.63, 3.8) is 0 Å². The first kappa shape index (κ1) is 16.5. The minimum absolute atomic E-state index is 0.000819. The van der Waals surface area contributed by atoms with Gasteiger partial charge in [-0.1, -0.05) is 53.5 Å². The number of amidine groups is 1. The zero-order valence-corrected chi connectivity index (χ0v) is 15.3. The summed E-state index contributed by atoms with van der Waals surface area (Å²) < 4.78 is 0. The van der Waals surface area contributed by atoms with Crippen LogP contribution in [0, 0.1) is 0 Å². The SMILES string of the molecule is Clc1ccc(/C=C/C2=CC(c3ccc(Cl)cc3)N3N=CSC3=N2)cc1. The maximum absolute atomic E-state index is 6.01. The molecule has 2 aromatic carbocycles. The normalized spacial score (nSPS) is 19.1. The molecule has 2 aromatic rings. The summed E-state index contributed by atoms with van der Waals surface area (Å²) in [4.78, 5) is 4.67. The molecule has 0 radical (unpaired) electrons. The molecule has 2 heterocycles. The zero-order valence-electron chi connectivity index (χ0n) is 13.0. The van der Waals surface area contributed by atoms with Gasteiger partial charge in [-0.05, 0) is 59.3 Å². The summed E-state index contributed by atoms with van der Waals surface area (Å²) >= 11 is 13.5. The maximum atomic E-state index is 6.01. The predicted octanol–water partition coefficient (Wildman–Crippen LogP) is 5.99. The highest BCUT2D eigenvalue weighted by Crippen LogP contribution is 2.35. The van der Waals surface area contributed by atoms with Crippen LogP contribution in [0.5, 0.6) is 0 Å². The molecule has 0 bridgehead atoms. The number of allylic oxidation sites excluding steroid dienone is 1. The monoisotopic (exact) mass is 385 g/mol. The average molecular weight is 386 g/mol. The maximum Gasteiger partial charge on any atom is 0.191 e. The summed E-state index contributed by atoms with van der Waals surface area (Å²) in [5.41, 5.74) is 4.90. The molecule has 3 nitrogen and oxygen atoms in total. The van der Waals surface area contributed by atoms with Gasteiger partial charge in [0.05, 0.1) is 11.2 Å². The number of hydrogen-bond acceptors (Lipinski definition) is 4. The Morgan fingerprint density at radius 3 is 2.32 bits per heavy atom. The van der Waals surface area contributed by atoms with Crippen LogP contribution in [0.2, 0.25) is 10.0 Å². The van der Waals surface area contributed by atoms with Gasteiger partial charge in [0.25, 0.3) is 0 Å². The van der Waals surface area contributed by atoms with Gasteiger partial charge in [0.15, 0.2) is 5.17 Å². The van der Waals surface area contributed by atoms with Gasteiger partial charge >= 0.3 is 0 Å². The summed E-state index contributed by atoms with van der Waals surface area (Å²) in [5, 5.41) is 8.67. The molecule has 2 aliphatic rings. The molecule has 0 aliphatic carbocycles. The van der Waals surface area contributed by atoms with Crippen molar-refractivity contribution in [1.82, 2.24) is 5.01 Å². The third-order valence-electron chi connectivity index (χ3n) is 3.87. The number of fused-ring (bicyclic) bond motifs is 1. The van der Waals surface area contributed by atoms with Crippen molar-refractivity contribution < 1.29 is 0 Å².